The van der Waals surface area contributed by atoms with E-state index in [9.17, 15) is 14.7 Å². The number of anilines is 1. The molecule has 4 heteroatoms. The number of phenolic OH excluding ortho intramolecular Hbond substituents is 1. The van der Waals surface area contributed by atoms with Crippen LogP contribution >= 0.6 is 0 Å². The van der Waals surface area contributed by atoms with Crippen molar-refractivity contribution < 1.29 is 14.7 Å². The molecule has 1 saturated heterocycles. The van der Waals surface area contributed by atoms with E-state index in [0.717, 1.165) is 32.1 Å². The average molecular weight is 259 g/mol. The monoisotopic (exact) mass is 259 g/mol. The fraction of sp³-hybridized carbons (Fsp3) is 0.467. The Morgan fingerprint density at radius 2 is 1.84 bits per heavy atom. The molecular weight excluding hydrogens is 242 g/mol. The molecule has 0 atom stereocenters. The Morgan fingerprint density at radius 3 is 2.53 bits per heavy atom. The van der Waals surface area contributed by atoms with Crippen LogP contribution in [0.25, 0.3) is 0 Å². The quantitative estimate of drug-likeness (QED) is 0.789. The van der Waals surface area contributed by atoms with E-state index < -0.39 is 5.41 Å². The molecule has 1 N–H and O–H groups in total. The molecule has 1 aliphatic carbocycles. The average Bonchev–Trinajstić information content (AvgIpc) is 2.62. The number of nitrogens with zero attached hydrogens (tertiary/aromatic N) is 1. The molecule has 2 aliphatic rings. The van der Waals surface area contributed by atoms with Gasteiger partial charge in [-0.15, -0.1) is 0 Å². The van der Waals surface area contributed by atoms with Gasteiger partial charge in [0.1, 0.15) is 5.75 Å². The maximum atomic E-state index is 12.6. The van der Waals surface area contributed by atoms with Crippen molar-refractivity contribution in [3.8, 4) is 5.75 Å². The van der Waals surface area contributed by atoms with Gasteiger partial charge >= 0.3 is 0 Å². The van der Waals surface area contributed by atoms with Crippen LogP contribution in [0.3, 0.4) is 0 Å². The summed E-state index contributed by atoms with van der Waals surface area (Å²) in [5.41, 5.74) is 0.0123. The maximum absolute atomic E-state index is 12.6. The molecule has 19 heavy (non-hydrogen) atoms. The van der Waals surface area contributed by atoms with E-state index in [2.05, 4.69) is 0 Å². The third-order valence-electron chi connectivity index (χ3n) is 4.29. The molecule has 1 spiro atoms. The molecule has 1 aromatic rings. The Morgan fingerprint density at radius 1 is 1.11 bits per heavy atom. The second-order valence-corrected chi connectivity index (χ2v) is 5.57. The highest BCUT2D eigenvalue weighted by Gasteiger charge is 2.51. The van der Waals surface area contributed by atoms with Gasteiger partial charge in [-0.05, 0) is 25.0 Å². The SMILES string of the molecule is O=C1CC2(CCCCC2)C(=O)N1c1cccc(O)c1. The van der Waals surface area contributed by atoms with E-state index in [0.29, 0.717) is 12.1 Å². The normalized spacial score (nSPS) is 22.2. The number of rotatable bonds is 1. The second-order valence-electron chi connectivity index (χ2n) is 5.57. The van der Waals surface area contributed by atoms with E-state index in [1.54, 1.807) is 12.1 Å². The molecule has 4 nitrogen and oxygen atoms in total. The Balaban J connectivity index is 1.95. The lowest BCUT2D eigenvalue weighted by Crippen LogP contribution is -2.36. The zero-order chi connectivity index (χ0) is 13.5. The summed E-state index contributed by atoms with van der Waals surface area (Å²) < 4.78 is 0. The summed E-state index contributed by atoms with van der Waals surface area (Å²) >= 11 is 0. The predicted octanol–water partition coefficient (Wildman–Crippen LogP) is 2.61. The van der Waals surface area contributed by atoms with Crippen LogP contribution in [-0.2, 0) is 9.59 Å². The zero-order valence-corrected chi connectivity index (χ0v) is 10.8. The fourth-order valence-corrected chi connectivity index (χ4v) is 3.31. The van der Waals surface area contributed by atoms with Crippen LogP contribution in [-0.4, -0.2) is 16.9 Å². The van der Waals surface area contributed by atoms with Crippen molar-refractivity contribution in [3.63, 3.8) is 0 Å². The van der Waals surface area contributed by atoms with Crippen molar-refractivity contribution in [2.75, 3.05) is 4.90 Å². The Hall–Kier alpha value is -1.84. The van der Waals surface area contributed by atoms with Crippen molar-refractivity contribution in [1.29, 1.82) is 0 Å². The van der Waals surface area contributed by atoms with Gasteiger partial charge in [0, 0.05) is 12.5 Å². The van der Waals surface area contributed by atoms with Crippen LogP contribution in [0.2, 0.25) is 0 Å². The lowest BCUT2D eigenvalue weighted by molar-refractivity contribution is -0.127. The molecule has 2 fully saturated rings. The summed E-state index contributed by atoms with van der Waals surface area (Å²) in [4.78, 5) is 26.1. The number of benzene rings is 1. The van der Waals surface area contributed by atoms with Gasteiger partial charge in [0.05, 0.1) is 11.1 Å². The van der Waals surface area contributed by atoms with Crippen LogP contribution in [0.5, 0.6) is 5.75 Å². The van der Waals surface area contributed by atoms with E-state index in [-0.39, 0.29) is 17.6 Å². The number of hydrogen-bond acceptors (Lipinski definition) is 3. The van der Waals surface area contributed by atoms with E-state index in [4.69, 9.17) is 0 Å². The minimum absolute atomic E-state index is 0.0719. The summed E-state index contributed by atoms with van der Waals surface area (Å²) in [6, 6.07) is 6.34. The Labute approximate surface area is 112 Å². The number of amides is 2. The number of carbonyl (C=O) groups is 2. The van der Waals surface area contributed by atoms with Crippen LogP contribution in [0.15, 0.2) is 24.3 Å². The number of imide groups is 1. The van der Waals surface area contributed by atoms with Crippen LogP contribution in [0.4, 0.5) is 5.69 Å². The molecule has 0 unspecified atom stereocenters. The van der Waals surface area contributed by atoms with Crippen molar-refractivity contribution in [2.45, 2.75) is 38.5 Å². The minimum atomic E-state index is -0.471. The van der Waals surface area contributed by atoms with Gasteiger partial charge in [-0.2, -0.15) is 0 Å². The van der Waals surface area contributed by atoms with Crippen molar-refractivity contribution in [2.24, 2.45) is 5.41 Å². The summed E-state index contributed by atoms with van der Waals surface area (Å²) in [7, 11) is 0. The minimum Gasteiger partial charge on any atom is -0.508 e. The molecule has 1 saturated carbocycles. The molecule has 1 aliphatic heterocycles. The lowest BCUT2D eigenvalue weighted by Gasteiger charge is -2.30. The highest BCUT2D eigenvalue weighted by atomic mass is 16.3. The first kappa shape index (κ1) is 12.2. The number of phenols is 1. The van der Waals surface area contributed by atoms with Gasteiger partial charge in [-0.1, -0.05) is 25.3 Å². The predicted molar refractivity (Wildman–Crippen MR) is 70.7 cm³/mol. The maximum Gasteiger partial charge on any atom is 0.240 e. The third-order valence-corrected chi connectivity index (χ3v) is 4.29. The van der Waals surface area contributed by atoms with Crippen LogP contribution in [0.1, 0.15) is 38.5 Å². The van der Waals surface area contributed by atoms with Crippen molar-refractivity contribution >= 4 is 17.5 Å². The van der Waals surface area contributed by atoms with Gasteiger partial charge in [-0.25, -0.2) is 4.90 Å². The molecule has 1 heterocycles. The molecule has 0 bridgehead atoms. The summed E-state index contributed by atoms with van der Waals surface area (Å²) in [5.74, 6) is -0.150. The molecular formula is C15H17NO3. The number of aromatic hydroxyl groups is 1. The Bertz CT molecular complexity index is 532. The zero-order valence-electron chi connectivity index (χ0n) is 10.8. The van der Waals surface area contributed by atoms with Gasteiger partial charge in [0.15, 0.2) is 0 Å². The van der Waals surface area contributed by atoms with Gasteiger partial charge in [-0.3, -0.25) is 9.59 Å². The fourth-order valence-electron chi connectivity index (χ4n) is 3.31. The first-order chi connectivity index (χ1) is 9.12. The highest BCUT2D eigenvalue weighted by Crippen LogP contribution is 2.46. The largest absolute Gasteiger partial charge is 0.508 e. The second kappa shape index (κ2) is 4.37. The van der Waals surface area contributed by atoms with E-state index >= 15 is 0 Å². The summed E-state index contributed by atoms with van der Waals surface area (Å²) in [6.07, 6.45) is 5.14. The summed E-state index contributed by atoms with van der Waals surface area (Å²) in [6.45, 7) is 0. The van der Waals surface area contributed by atoms with Gasteiger partial charge in [0.2, 0.25) is 11.8 Å². The van der Waals surface area contributed by atoms with E-state index in [1.807, 2.05) is 0 Å². The molecule has 0 radical (unpaired) electrons. The molecule has 100 valence electrons. The first-order valence-electron chi connectivity index (χ1n) is 6.79. The van der Waals surface area contributed by atoms with Gasteiger partial charge in [0.25, 0.3) is 0 Å². The topological polar surface area (TPSA) is 57.6 Å². The standard InChI is InChI=1S/C15H17NO3/c17-12-6-4-5-11(9-12)16-13(18)10-15(14(16)19)7-2-1-3-8-15/h4-6,9,17H,1-3,7-8,10H2. The molecule has 2 amide bonds. The van der Waals surface area contributed by atoms with Crippen LogP contribution in [0, 0.1) is 5.41 Å². The number of hydrogen-bond donors (Lipinski definition) is 1. The summed E-state index contributed by atoms with van der Waals surface area (Å²) in [5, 5.41) is 9.50. The van der Waals surface area contributed by atoms with Crippen LogP contribution < -0.4 is 4.90 Å². The molecule has 0 aromatic heterocycles. The lowest BCUT2D eigenvalue weighted by atomic mass is 9.73. The van der Waals surface area contributed by atoms with Gasteiger partial charge < -0.3 is 5.11 Å². The highest BCUT2D eigenvalue weighted by molar-refractivity contribution is 6.22. The molecule has 3 rings (SSSR count). The first-order valence-corrected chi connectivity index (χ1v) is 6.79. The van der Waals surface area contributed by atoms with E-state index in [1.165, 1.54) is 17.0 Å². The number of carbonyl (C=O) groups excluding carboxylic acids is 2. The van der Waals surface area contributed by atoms with Crippen molar-refractivity contribution in [1.82, 2.24) is 0 Å². The molecule has 1 aromatic carbocycles. The smallest absolute Gasteiger partial charge is 0.240 e. The van der Waals surface area contributed by atoms with Crippen molar-refractivity contribution in [3.05, 3.63) is 24.3 Å². The third kappa shape index (κ3) is 1.91. The Kier molecular flexibility index (Phi) is 2.81.